The van der Waals surface area contributed by atoms with Crippen molar-refractivity contribution in [1.29, 1.82) is 0 Å². The summed E-state index contributed by atoms with van der Waals surface area (Å²) in [5, 5.41) is 11.7. The number of anilines is 1. The average Bonchev–Trinajstić information content (AvgIpc) is 2.54. The van der Waals surface area contributed by atoms with E-state index in [0.717, 1.165) is 18.8 Å². The van der Waals surface area contributed by atoms with Crippen molar-refractivity contribution in [2.45, 2.75) is 39.5 Å². The molecule has 0 unspecified atom stereocenters. The van der Waals surface area contributed by atoms with Crippen molar-refractivity contribution >= 4 is 11.5 Å². The summed E-state index contributed by atoms with van der Waals surface area (Å²) in [6.07, 6.45) is 6.67. The van der Waals surface area contributed by atoms with E-state index in [0.29, 0.717) is 11.1 Å². The average molecular weight is 276 g/mol. The smallest absolute Gasteiger partial charge is 0.188 e. The van der Waals surface area contributed by atoms with E-state index < -0.39 is 0 Å². The second-order valence-electron chi connectivity index (χ2n) is 5.58. The Bertz CT molecular complexity index is 473. The topological polar surface area (TPSA) is 74.7 Å². The first-order valence-electron chi connectivity index (χ1n) is 7.33. The van der Waals surface area contributed by atoms with E-state index in [2.05, 4.69) is 28.9 Å². The van der Waals surface area contributed by atoms with Gasteiger partial charge in [0.2, 0.25) is 0 Å². The SMILES string of the molecule is CCC1(CC)CCN(c2ccnc(C(N)=NO)c2)CC1. The van der Waals surface area contributed by atoms with Gasteiger partial charge in [-0.05, 0) is 30.4 Å². The zero-order chi connectivity index (χ0) is 14.6. The quantitative estimate of drug-likeness (QED) is 0.383. The summed E-state index contributed by atoms with van der Waals surface area (Å²) in [5.41, 5.74) is 7.73. The van der Waals surface area contributed by atoms with Gasteiger partial charge in [-0.25, -0.2) is 0 Å². The third-order valence-corrected chi connectivity index (χ3v) is 4.80. The van der Waals surface area contributed by atoms with Gasteiger partial charge in [0.05, 0.1) is 0 Å². The molecule has 1 aromatic rings. The maximum Gasteiger partial charge on any atom is 0.188 e. The highest BCUT2D eigenvalue weighted by molar-refractivity contribution is 5.95. The van der Waals surface area contributed by atoms with Gasteiger partial charge in [-0.2, -0.15) is 0 Å². The number of hydrogen-bond donors (Lipinski definition) is 2. The van der Waals surface area contributed by atoms with Crippen LogP contribution in [0, 0.1) is 5.41 Å². The Hall–Kier alpha value is -1.78. The molecule has 0 atom stereocenters. The number of nitrogens with zero attached hydrogens (tertiary/aromatic N) is 3. The third kappa shape index (κ3) is 2.86. The van der Waals surface area contributed by atoms with Gasteiger partial charge < -0.3 is 15.8 Å². The van der Waals surface area contributed by atoms with E-state index in [1.165, 1.54) is 25.7 Å². The van der Waals surface area contributed by atoms with E-state index in [4.69, 9.17) is 10.9 Å². The van der Waals surface area contributed by atoms with Crippen LogP contribution in [0.5, 0.6) is 0 Å². The molecule has 1 aliphatic rings. The van der Waals surface area contributed by atoms with Crippen molar-refractivity contribution in [2.75, 3.05) is 18.0 Å². The summed E-state index contributed by atoms with van der Waals surface area (Å²) in [4.78, 5) is 6.48. The van der Waals surface area contributed by atoms with Crippen LogP contribution in [0.3, 0.4) is 0 Å². The second kappa shape index (κ2) is 6.11. The molecular formula is C15H24N4O. The third-order valence-electron chi connectivity index (χ3n) is 4.80. The maximum atomic E-state index is 8.73. The zero-order valence-electron chi connectivity index (χ0n) is 12.3. The van der Waals surface area contributed by atoms with Crippen LogP contribution in [0.1, 0.15) is 45.2 Å². The molecule has 0 bridgehead atoms. The molecule has 20 heavy (non-hydrogen) atoms. The van der Waals surface area contributed by atoms with Crippen LogP contribution in [0.4, 0.5) is 5.69 Å². The van der Waals surface area contributed by atoms with E-state index >= 15 is 0 Å². The first-order valence-corrected chi connectivity index (χ1v) is 7.33. The molecule has 1 fully saturated rings. The fourth-order valence-electron chi connectivity index (χ4n) is 3.00. The number of hydrogen-bond acceptors (Lipinski definition) is 4. The minimum Gasteiger partial charge on any atom is -0.409 e. The Balaban J connectivity index is 2.11. The molecule has 0 aromatic carbocycles. The minimum atomic E-state index is 0.0559. The molecule has 0 amide bonds. The van der Waals surface area contributed by atoms with Crippen LogP contribution in [0.2, 0.25) is 0 Å². The normalized spacial score (nSPS) is 19.1. The van der Waals surface area contributed by atoms with E-state index in [1.807, 2.05) is 12.1 Å². The molecule has 5 heteroatoms. The van der Waals surface area contributed by atoms with Crippen molar-refractivity contribution in [3.05, 3.63) is 24.0 Å². The lowest BCUT2D eigenvalue weighted by Crippen LogP contribution is -2.39. The Kier molecular flexibility index (Phi) is 4.47. The molecular weight excluding hydrogens is 252 g/mol. The fraction of sp³-hybridized carbons (Fsp3) is 0.600. The summed E-state index contributed by atoms with van der Waals surface area (Å²) in [5.74, 6) is 0.0559. The Morgan fingerprint density at radius 2 is 2.05 bits per heavy atom. The summed E-state index contributed by atoms with van der Waals surface area (Å²) < 4.78 is 0. The molecule has 2 rings (SSSR count). The number of amidine groups is 1. The van der Waals surface area contributed by atoms with E-state index in [-0.39, 0.29) is 5.84 Å². The van der Waals surface area contributed by atoms with Crippen LogP contribution >= 0.6 is 0 Å². The Morgan fingerprint density at radius 1 is 1.40 bits per heavy atom. The molecule has 0 saturated carbocycles. The fourth-order valence-corrected chi connectivity index (χ4v) is 3.00. The molecule has 1 aromatic heterocycles. The van der Waals surface area contributed by atoms with Crippen molar-refractivity contribution in [3.63, 3.8) is 0 Å². The van der Waals surface area contributed by atoms with Gasteiger partial charge >= 0.3 is 0 Å². The summed E-state index contributed by atoms with van der Waals surface area (Å²) in [7, 11) is 0. The minimum absolute atomic E-state index is 0.0559. The van der Waals surface area contributed by atoms with Gasteiger partial charge in [-0.1, -0.05) is 31.8 Å². The molecule has 1 aliphatic heterocycles. The summed E-state index contributed by atoms with van der Waals surface area (Å²) in [6, 6.07) is 3.87. The lowest BCUT2D eigenvalue weighted by molar-refractivity contribution is 0.199. The predicted molar refractivity (Wildman–Crippen MR) is 81.2 cm³/mol. The molecule has 1 saturated heterocycles. The van der Waals surface area contributed by atoms with Crippen molar-refractivity contribution in [3.8, 4) is 0 Å². The molecule has 0 aliphatic carbocycles. The van der Waals surface area contributed by atoms with Gasteiger partial charge in [0, 0.05) is 25.0 Å². The van der Waals surface area contributed by atoms with E-state index in [9.17, 15) is 0 Å². The molecule has 0 spiro atoms. The zero-order valence-corrected chi connectivity index (χ0v) is 12.3. The highest BCUT2D eigenvalue weighted by atomic mass is 16.4. The molecule has 0 radical (unpaired) electrons. The summed E-state index contributed by atoms with van der Waals surface area (Å²) in [6.45, 7) is 6.70. The highest BCUT2D eigenvalue weighted by Gasteiger charge is 2.31. The number of piperidine rings is 1. The second-order valence-corrected chi connectivity index (χ2v) is 5.58. The summed E-state index contributed by atoms with van der Waals surface area (Å²) >= 11 is 0. The largest absolute Gasteiger partial charge is 0.409 e. The van der Waals surface area contributed by atoms with Crippen LogP contribution in [0.15, 0.2) is 23.5 Å². The number of aromatic nitrogens is 1. The predicted octanol–water partition coefficient (Wildman–Crippen LogP) is 2.58. The Labute approximate surface area is 120 Å². The van der Waals surface area contributed by atoms with Crippen LogP contribution in [-0.4, -0.2) is 29.1 Å². The number of oxime groups is 1. The highest BCUT2D eigenvalue weighted by Crippen LogP contribution is 2.39. The lowest BCUT2D eigenvalue weighted by Gasteiger charge is -2.42. The molecule has 5 nitrogen and oxygen atoms in total. The van der Waals surface area contributed by atoms with Crippen LogP contribution in [0.25, 0.3) is 0 Å². The molecule has 3 N–H and O–H groups in total. The Morgan fingerprint density at radius 3 is 2.60 bits per heavy atom. The standard InChI is InChI=1S/C15H24N4O/c1-3-15(4-2)6-9-19(10-7-15)12-5-8-17-13(11-12)14(16)18-20/h5,8,11,20H,3-4,6-7,9-10H2,1-2H3,(H2,16,18). The number of rotatable bonds is 4. The molecule has 110 valence electrons. The number of pyridine rings is 1. The first-order chi connectivity index (χ1) is 9.64. The van der Waals surface area contributed by atoms with E-state index in [1.54, 1.807) is 6.20 Å². The van der Waals surface area contributed by atoms with Gasteiger partial charge in [-0.15, -0.1) is 0 Å². The van der Waals surface area contributed by atoms with Crippen molar-refractivity contribution in [1.82, 2.24) is 4.98 Å². The monoisotopic (exact) mass is 276 g/mol. The van der Waals surface area contributed by atoms with Gasteiger partial charge in [0.1, 0.15) is 5.69 Å². The lowest BCUT2D eigenvalue weighted by atomic mass is 9.74. The number of nitrogens with two attached hydrogens (primary N) is 1. The van der Waals surface area contributed by atoms with Crippen LogP contribution in [-0.2, 0) is 0 Å². The van der Waals surface area contributed by atoms with Gasteiger partial charge in [-0.3, -0.25) is 4.98 Å². The first kappa shape index (κ1) is 14.6. The molecule has 2 heterocycles. The van der Waals surface area contributed by atoms with Crippen molar-refractivity contribution in [2.24, 2.45) is 16.3 Å². The van der Waals surface area contributed by atoms with Crippen LogP contribution < -0.4 is 10.6 Å². The van der Waals surface area contributed by atoms with Gasteiger partial charge in [0.15, 0.2) is 5.84 Å². The van der Waals surface area contributed by atoms with Crippen molar-refractivity contribution < 1.29 is 5.21 Å². The van der Waals surface area contributed by atoms with Gasteiger partial charge in [0.25, 0.3) is 0 Å². The maximum absolute atomic E-state index is 8.73.